The van der Waals surface area contributed by atoms with Gasteiger partial charge in [-0.1, -0.05) is 73.4 Å². The summed E-state index contributed by atoms with van der Waals surface area (Å²) in [6.07, 6.45) is 2.32. The molecule has 104 valence electrons. The largest absolute Gasteiger partial charge is 0.497 e. The molecule has 0 aromatic heterocycles. The molecule has 0 saturated carbocycles. The second kappa shape index (κ2) is 6.10. The average molecular weight is 282 g/mol. The molecule has 0 unspecified atom stereocenters. The molecule has 0 aliphatic heterocycles. The van der Waals surface area contributed by atoms with Gasteiger partial charge in [0.1, 0.15) is 5.75 Å². The normalized spacial score (nSPS) is 12.3. The first-order valence-corrected chi connectivity index (χ1v) is 10.4. The van der Waals surface area contributed by atoms with Crippen molar-refractivity contribution in [2.75, 3.05) is 7.11 Å². The van der Waals surface area contributed by atoms with Crippen LogP contribution in [0, 0.1) is 0 Å². The minimum absolute atomic E-state index is 0.899. The van der Waals surface area contributed by atoms with Crippen LogP contribution in [0.25, 0.3) is 11.3 Å². The highest BCUT2D eigenvalue weighted by atomic mass is 28.3. The van der Waals surface area contributed by atoms with Crippen LogP contribution in [0.3, 0.4) is 0 Å². The maximum absolute atomic E-state index is 5.21. The molecule has 2 aromatic carbocycles. The van der Waals surface area contributed by atoms with Gasteiger partial charge in [0.25, 0.3) is 0 Å². The molecule has 0 amide bonds. The van der Waals surface area contributed by atoms with Crippen molar-refractivity contribution in [3.63, 3.8) is 0 Å². The molecule has 0 atom stereocenters. The zero-order chi connectivity index (χ0) is 14.6. The quantitative estimate of drug-likeness (QED) is 0.559. The van der Waals surface area contributed by atoms with Crippen LogP contribution in [-0.4, -0.2) is 15.2 Å². The van der Waals surface area contributed by atoms with Crippen LogP contribution in [0.5, 0.6) is 5.75 Å². The fourth-order valence-electron chi connectivity index (χ4n) is 2.22. The summed E-state index contributed by atoms with van der Waals surface area (Å²) in [5.74, 6) is 0.899. The van der Waals surface area contributed by atoms with Gasteiger partial charge in [0, 0.05) is 0 Å². The van der Waals surface area contributed by atoms with Crippen LogP contribution in [0.2, 0.25) is 19.6 Å². The van der Waals surface area contributed by atoms with Crippen LogP contribution in [0.1, 0.15) is 11.1 Å². The van der Waals surface area contributed by atoms with Gasteiger partial charge in [0.05, 0.1) is 15.2 Å². The van der Waals surface area contributed by atoms with Gasteiger partial charge in [-0.15, -0.1) is 0 Å². The Labute approximate surface area is 122 Å². The molecule has 0 heterocycles. The fourth-order valence-corrected chi connectivity index (χ4v) is 3.85. The van der Waals surface area contributed by atoms with Crippen molar-refractivity contribution < 1.29 is 4.74 Å². The SMILES string of the molecule is COc1ccc(/C=C(/c2ccccc2)[Si](C)(C)C)cc1. The standard InChI is InChI=1S/C18H22OSi/c1-19-17-12-10-15(11-13-17)14-18(20(2,3)4)16-8-6-5-7-9-16/h5-14H,1-4H3/b18-14-. The first-order chi connectivity index (χ1) is 9.50. The molecule has 2 aromatic rings. The molecule has 1 nitrogen and oxygen atoms in total. The molecule has 0 saturated heterocycles. The lowest BCUT2D eigenvalue weighted by Gasteiger charge is -2.21. The average Bonchev–Trinajstić information content (AvgIpc) is 2.45. The lowest BCUT2D eigenvalue weighted by atomic mass is 10.1. The molecule has 2 rings (SSSR count). The van der Waals surface area contributed by atoms with Crippen LogP contribution in [-0.2, 0) is 0 Å². The summed E-state index contributed by atoms with van der Waals surface area (Å²) < 4.78 is 5.21. The Morgan fingerprint density at radius 1 is 0.900 bits per heavy atom. The maximum Gasteiger partial charge on any atom is 0.118 e. The zero-order valence-corrected chi connectivity index (χ0v) is 13.7. The minimum Gasteiger partial charge on any atom is -0.497 e. The Balaban J connectivity index is 2.43. The lowest BCUT2D eigenvalue weighted by molar-refractivity contribution is 0.415. The first-order valence-electron chi connectivity index (χ1n) is 6.92. The number of methoxy groups -OCH3 is 1. The third-order valence-electron chi connectivity index (χ3n) is 3.32. The molecule has 0 aliphatic rings. The van der Waals surface area contributed by atoms with Crippen molar-refractivity contribution in [2.24, 2.45) is 0 Å². The predicted molar refractivity (Wildman–Crippen MR) is 90.7 cm³/mol. The van der Waals surface area contributed by atoms with E-state index in [9.17, 15) is 0 Å². The van der Waals surface area contributed by atoms with E-state index in [0.29, 0.717) is 0 Å². The van der Waals surface area contributed by atoms with Gasteiger partial charge in [0.2, 0.25) is 0 Å². The van der Waals surface area contributed by atoms with Gasteiger partial charge in [0.15, 0.2) is 0 Å². The van der Waals surface area contributed by atoms with E-state index in [0.717, 1.165) is 5.75 Å². The van der Waals surface area contributed by atoms with E-state index in [1.54, 1.807) is 7.11 Å². The van der Waals surface area contributed by atoms with E-state index in [-0.39, 0.29) is 0 Å². The van der Waals surface area contributed by atoms with Crippen LogP contribution in [0.15, 0.2) is 54.6 Å². The summed E-state index contributed by atoms with van der Waals surface area (Å²) in [5.41, 5.74) is 2.56. The van der Waals surface area contributed by atoms with E-state index in [2.05, 4.69) is 68.2 Å². The molecular weight excluding hydrogens is 260 g/mol. The molecule has 0 fully saturated rings. The minimum atomic E-state index is -1.40. The highest BCUT2D eigenvalue weighted by Gasteiger charge is 2.20. The van der Waals surface area contributed by atoms with E-state index >= 15 is 0 Å². The van der Waals surface area contributed by atoms with Crippen molar-refractivity contribution in [1.29, 1.82) is 0 Å². The van der Waals surface area contributed by atoms with Crippen molar-refractivity contribution >= 4 is 19.3 Å². The van der Waals surface area contributed by atoms with Gasteiger partial charge in [-0.3, -0.25) is 0 Å². The number of benzene rings is 2. The smallest absolute Gasteiger partial charge is 0.118 e. The van der Waals surface area contributed by atoms with E-state index in [4.69, 9.17) is 4.74 Å². The summed E-state index contributed by atoms with van der Waals surface area (Å²) in [6, 6.07) is 18.9. The number of hydrogen-bond donors (Lipinski definition) is 0. The zero-order valence-electron chi connectivity index (χ0n) is 12.7. The third-order valence-corrected chi connectivity index (χ3v) is 5.37. The van der Waals surface area contributed by atoms with Gasteiger partial charge in [-0.25, -0.2) is 0 Å². The third kappa shape index (κ3) is 3.61. The molecule has 0 radical (unpaired) electrons. The van der Waals surface area contributed by atoms with Crippen LogP contribution >= 0.6 is 0 Å². The summed E-state index contributed by atoms with van der Waals surface area (Å²) in [5, 5.41) is 1.48. The van der Waals surface area contributed by atoms with Crippen LogP contribution < -0.4 is 4.74 Å². The Morgan fingerprint density at radius 3 is 2.00 bits per heavy atom. The molecule has 0 N–H and O–H groups in total. The molecule has 0 spiro atoms. The first kappa shape index (κ1) is 14.6. The second-order valence-electron chi connectivity index (χ2n) is 5.95. The predicted octanol–water partition coefficient (Wildman–Crippen LogP) is 5.11. The summed E-state index contributed by atoms with van der Waals surface area (Å²) in [6.45, 7) is 7.15. The Hall–Kier alpha value is -1.80. The lowest BCUT2D eigenvalue weighted by Crippen LogP contribution is -2.22. The summed E-state index contributed by atoms with van der Waals surface area (Å²) in [7, 11) is 0.294. The van der Waals surface area contributed by atoms with Gasteiger partial charge in [-0.05, 0) is 23.3 Å². The number of hydrogen-bond acceptors (Lipinski definition) is 1. The van der Waals surface area contributed by atoms with E-state index in [1.165, 1.54) is 16.3 Å². The number of rotatable bonds is 4. The summed E-state index contributed by atoms with van der Waals surface area (Å²) in [4.78, 5) is 0. The molecular formula is C18H22OSi. The maximum atomic E-state index is 5.21. The fraction of sp³-hybridized carbons (Fsp3) is 0.222. The van der Waals surface area contributed by atoms with Gasteiger partial charge < -0.3 is 4.74 Å². The van der Waals surface area contributed by atoms with Crippen molar-refractivity contribution in [1.82, 2.24) is 0 Å². The van der Waals surface area contributed by atoms with E-state index in [1.807, 2.05) is 12.1 Å². The van der Waals surface area contributed by atoms with E-state index < -0.39 is 8.07 Å². The second-order valence-corrected chi connectivity index (χ2v) is 11.0. The summed E-state index contributed by atoms with van der Waals surface area (Å²) >= 11 is 0. The Bertz CT molecular complexity index is 577. The highest BCUT2D eigenvalue weighted by molar-refractivity contribution is 6.94. The molecule has 2 heteroatoms. The van der Waals surface area contributed by atoms with Crippen molar-refractivity contribution in [3.8, 4) is 5.75 Å². The molecule has 0 bridgehead atoms. The van der Waals surface area contributed by atoms with Crippen molar-refractivity contribution in [2.45, 2.75) is 19.6 Å². The Morgan fingerprint density at radius 2 is 1.50 bits per heavy atom. The van der Waals surface area contributed by atoms with Crippen molar-refractivity contribution in [3.05, 3.63) is 65.7 Å². The van der Waals surface area contributed by atoms with Crippen LogP contribution in [0.4, 0.5) is 0 Å². The van der Waals surface area contributed by atoms with Gasteiger partial charge >= 0.3 is 0 Å². The topological polar surface area (TPSA) is 9.23 Å². The Kier molecular flexibility index (Phi) is 4.45. The highest BCUT2D eigenvalue weighted by Crippen LogP contribution is 2.28. The van der Waals surface area contributed by atoms with Gasteiger partial charge in [-0.2, -0.15) is 0 Å². The molecule has 20 heavy (non-hydrogen) atoms. The number of ether oxygens (including phenoxy) is 1. The monoisotopic (exact) mass is 282 g/mol. The molecule has 0 aliphatic carbocycles.